The van der Waals surface area contributed by atoms with Crippen molar-refractivity contribution in [2.45, 2.75) is 20.3 Å². The van der Waals surface area contributed by atoms with Crippen LogP contribution in [0.25, 0.3) is 10.8 Å². The molecule has 1 aliphatic heterocycles. The van der Waals surface area contributed by atoms with Crippen molar-refractivity contribution < 1.29 is 24.2 Å². The average molecular weight is 368 g/mol. The summed E-state index contributed by atoms with van der Waals surface area (Å²) >= 11 is 0. The zero-order valence-corrected chi connectivity index (χ0v) is 15.1. The van der Waals surface area contributed by atoms with Crippen molar-refractivity contribution in [3.8, 4) is 5.75 Å². The van der Waals surface area contributed by atoms with Gasteiger partial charge in [-0.2, -0.15) is 0 Å². The molecule has 1 aliphatic rings. The molecule has 0 aliphatic carbocycles. The third kappa shape index (κ3) is 3.76. The third-order valence-corrected chi connectivity index (χ3v) is 4.06. The summed E-state index contributed by atoms with van der Waals surface area (Å²) in [4.78, 5) is 28.2. The maximum Gasteiger partial charge on any atom is 0.336 e. The van der Waals surface area contributed by atoms with Crippen LogP contribution in [0.2, 0.25) is 0 Å². The Morgan fingerprint density at radius 3 is 2.74 bits per heavy atom. The molecule has 0 fully saturated rings. The van der Waals surface area contributed by atoms with E-state index in [4.69, 9.17) is 9.47 Å². The second-order valence-corrected chi connectivity index (χ2v) is 5.84. The van der Waals surface area contributed by atoms with Crippen LogP contribution in [0.4, 0.5) is 11.4 Å². The summed E-state index contributed by atoms with van der Waals surface area (Å²) < 4.78 is 9.88. The molecule has 7 heteroatoms. The summed E-state index contributed by atoms with van der Waals surface area (Å²) in [6, 6.07) is 7.22. The molecule has 7 nitrogen and oxygen atoms in total. The lowest BCUT2D eigenvalue weighted by molar-refractivity contribution is -0.145. The molecule has 1 heterocycles. The lowest BCUT2D eigenvalue weighted by Crippen LogP contribution is -2.15. The molecule has 2 aromatic rings. The van der Waals surface area contributed by atoms with Gasteiger partial charge in [0.25, 0.3) is 0 Å². The molecular formula is C20H20N2O5. The summed E-state index contributed by atoms with van der Waals surface area (Å²) in [5.74, 6) is -1.11. The van der Waals surface area contributed by atoms with Gasteiger partial charge in [-0.1, -0.05) is 12.1 Å². The molecule has 27 heavy (non-hydrogen) atoms. The van der Waals surface area contributed by atoms with Crippen molar-refractivity contribution in [1.29, 1.82) is 0 Å². The zero-order valence-electron chi connectivity index (χ0n) is 15.1. The number of nitrogens with one attached hydrogen (secondary N) is 1. The quantitative estimate of drug-likeness (QED) is 0.377. The number of hydrogen-bond acceptors (Lipinski definition) is 7. The Balaban J connectivity index is 1.92. The van der Waals surface area contributed by atoms with Gasteiger partial charge in [0, 0.05) is 28.8 Å². The number of rotatable bonds is 7. The highest BCUT2D eigenvalue weighted by Gasteiger charge is 2.18. The number of aliphatic imine (C=N–C) groups is 1. The smallest absolute Gasteiger partial charge is 0.336 e. The minimum atomic E-state index is -0.619. The van der Waals surface area contributed by atoms with E-state index in [2.05, 4.69) is 10.3 Å². The number of hydrogen-bond donors (Lipinski definition) is 2. The van der Waals surface area contributed by atoms with E-state index < -0.39 is 11.9 Å². The van der Waals surface area contributed by atoms with Crippen LogP contribution in [0.5, 0.6) is 5.75 Å². The maximum atomic E-state index is 12.1. The zero-order chi connectivity index (χ0) is 19.4. The highest BCUT2D eigenvalue weighted by molar-refractivity contribution is 6.14. The van der Waals surface area contributed by atoms with E-state index in [-0.39, 0.29) is 31.0 Å². The number of phenols is 1. The largest absolute Gasteiger partial charge is 0.505 e. The first kappa shape index (κ1) is 18.4. The number of phenolic OH excluding ortho intramolecular Hbond substituents is 1. The highest BCUT2D eigenvalue weighted by Crippen LogP contribution is 2.41. The monoisotopic (exact) mass is 368 g/mol. The van der Waals surface area contributed by atoms with Gasteiger partial charge in [-0.05, 0) is 26.0 Å². The van der Waals surface area contributed by atoms with Gasteiger partial charge < -0.3 is 19.9 Å². The second-order valence-electron chi connectivity index (χ2n) is 5.84. The molecule has 0 aromatic heterocycles. The third-order valence-electron chi connectivity index (χ3n) is 4.06. The van der Waals surface area contributed by atoms with E-state index in [1.807, 2.05) is 12.1 Å². The molecule has 2 aromatic carbocycles. The fourth-order valence-corrected chi connectivity index (χ4v) is 2.88. The maximum absolute atomic E-state index is 12.1. The van der Waals surface area contributed by atoms with Crippen molar-refractivity contribution in [2.24, 2.45) is 4.99 Å². The van der Waals surface area contributed by atoms with Gasteiger partial charge in [0.1, 0.15) is 5.75 Å². The first-order valence-corrected chi connectivity index (χ1v) is 8.66. The minimum Gasteiger partial charge on any atom is -0.505 e. The van der Waals surface area contributed by atoms with Crippen LogP contribution in [0.15, 0.2) is 41.0 Å². The summed E-state index contributed by atoms with van der Waals surface area (Å²) in [6.45, 7) is 3.78. The Morgan fingerprint density at radius 1 is 1.22 bits per heavy atom. The molecule has 0 amide bonds. The molecule has 3 rings (SSSR count). The topological polar surface area (TPSA) is 97.2 Å². The van der Waals surface area contributed by atoms with Crippen LogP contribution in [0, 0.1) is 0 Å². The fraction of sp³-hybridized carbons (Fsp3) is 0.250. The summed E-state index contributed by atoms with van der Waals surface area (Å²) in [5, 5.41) is 15.0. The molecule has 0 bridgehead atoms. The molecule has 2 N–H and O–H groups in total. The highest BCUT2D eigenvalue weighted by atomic mass is 16.5. The number of ether oxygens (including phenoxy) is 2. The van der Waals surface area contributed by atoms with Crippen LogP contribution < -0.4 is 5.32 Å². The van der Waals surface area contributed by atoms with Gasteiger partial charge in [0.2, 0.25) is 0 Å². The molecule has 0 spiro atoms. The Hall–Kier alpha value is -3.35. The normalized spacial score (nSPS) is 12.3. The molecule has 0 radical (unpaired) electrons. The first-order chi connectivity index (χ1) is 13.0. The molecule has 140 valence electrons. The molecule has 0 saturated heterocycles. The average Bonchev–Trinajstić information content (AvgIpc) is 3.06. The van der Waals surface area contributed by atoms with E-state index in [0.717, 1.165) is 16.6 Å². The van der Waals surface area contributed by atoms with E-state index in [1.165, 1.54) is 6.20 Å². The predicted molar refractivity (Wildman–Crippen MR) is 102 cm³/mol. The SMILES string of the molecule is CCOC(=O)C/C(=C/Nc1cc2c3c(cccc3c1O)N=C2)C(=O)OCC. The Morgan fingerprint density at radius 2 is 2.00 bits per heavy atom. The number of anilines is 1. The van der Waals surface area contributed by atoms with Gasteiger partial charge in [-0.15, -0.1) is 0 Å². The van der Waals surface area contributed by atoms with Crippen LogP contribution in [-0.2, 0) is 19.1 Å². The van der Waals surface area contributed by atoms with Crippen molar-refractivity contribution in [2.75, 3.05) is 18.5 Å². The molecule has 0 atom stereocenters. The van der Waals surface area contributed by atoms with E-state index in [1.54, 1.807) is 32.2 Å². The lowest BCUT2D eigenvalue weighted by Gasteiger charge is -2.11. The minimum absolute atomic E-state index is 0.0386. The van der Waals surface area contributed by atoms with Crippen LogP contribution >= 0.6 is 0 Å². The summed E-state index contributed by atoms with van der Waals surface area (Å²) in [6.07, 6.45) is 2.85. The van der Waals surface area contributed by atoms with Crippen molar-refractivity contribution in [1.82, 2.24) is 0 Å². The fourth-order valence-electron chi connectivity index (χ4n) is 2.88. The molecular weight excluding hydrogens is 348 g/mol. The number of aromatic hydroxyl groups is 1. The number of carbonyl (C=O) groups excluding carboxylic acids is 2. The Bertz CT molecular complexity index is 962. The number of esters is 2. The van der Waals surface area contributed by atoms with Crippen molar-refractivity contribution >= 4 is 40.3 Å². The van der Waals surface area contributed by atoms with Crippen LogP contribution in [-0.4, -0.2) is 36.5 Å². The number of carbonyl (C=O) groups is 2. The molecule has 0 saturated carbocycles. The van der Waals surface area contributed by atoms with E-state index in [0.29, 0.717) is 11.1 Å². The lowest BCUT2D eigenvalue weighted by atomic mass is 10.0. The predicted octanol–water partition coefficient (Wildman–Crippen LogP) is 3.42. The van der Waals surface area contributed by atoms with E-state index >= 15 is 0 Å². The molecule has 0 unspecified atom stereocenters. The van der Waals surface area contributed by atoms with Gasteiger partial charge in [-0.25, -0.2) is 4.79 Å². The Kier molecular flexibility index (Phi) is 5.40. The van der Waals surface area contributed by atoms with Gasteiger partial charge in [-0.3, -0.25) is 9.79 Å². The first-order valence-electron chi connectivity index (χ1n) is 8.66. The van der Waals surface area contributed by atoms with Crippen molar-refractivity contribution in [3.63, 3.8) is 0 Å². The number of nitrogens with zero attached hydrogens (tertiary/aromatic N) is 1. The number of benzene rings is 2. The Labute approximate surface area is 156 Å². The van der Waals surface area contributed by atoms with Gasteiger partial charge in [0.15, 0.2) is 0 Å². The van der Waals surface area contributed by atoms with Crippen LogP contribution in [0.1, 0.15) is 25.8 Å². The van der Waals surface area contributed by atoms with Gasteiger partial charge >= 0.3 is 11.9 Å². The van der Waals surface area contributed by atoms with Gasteiger partial charge in [0.05, 0.1) is 36.6 Å². The van der Waals surface area contributed by atoms with Crippen molar-refractivity contribution in [3.05, 3.63) is 41.6 Å². The van der Waals surface area contributed by atoms with Crippen LogP contribution in [0.3, 0.4) is 0 Å². The summed E-state index contributed by atoms with van der Waals surface area (Å²) in [7, 11) is 0. The summed E-state index contributed by atoms with van der Waals surface area (Å²) in [5.41, 5.74) is 2.16. The second kappa shape index (κ2) is 7.90. The van der Waals surface area contributed by atoms with E-state index in [9.17, 15) is 14.7 Å². The standard InChI is InChI=1S/C20H20N2O5/c1-3-26-17(23)9-13(20(25)27-4-2)11-22-16-8-12-10-21-15-7-5-6-14(18(12)15)19(16)24/h5-8,10-11,22,24H,3-4,9H2,1-2H3/b13-11-.